The highest BCUT2D eigenvalue weighted by Gasteiger charge is 2.47. The lowest BCUT2D eigenvalue weighted by Crippen LogP contribution is -2.29. The Morgan fingerprint density at radius 1 is 0.944 bits per heavy atom. The molecule has 36 heavy (non-hydrogen) atoms. The molecule has 1 unspecified atom stereocenters. The van der Waals surface area contributed by atoms with Crippen LogP contribution in [0.4, 0.5) is 5.69 Å². The van der Waals surface area contributed by atoms with Crippen LogP contribution in [-0.2, 0) is 9.59 Å². The number of hydrogen-bond acceptors (Lipinski definition) is 5. The number of aliphatic hydroxyl groups is 1. The molecule has 0 saturated carbocycles. The Kier molecular flexibility index (Phi) is 7.44. The highest BCUT2D eigenvalue weighted by Crippen LogP contribution is 2.43. The van der Waals surface area contributed by atoms with Gasteiger partial charge in [-0.05, 0) is 80.8 Å². The molecule has 6 heteroatoms. The van der Waals surface area contributed by atoms with E-state index in [-0.39, 0.29) is 11.3 Å². The average Bonchev–Trinajstić information content (AvgIpc) is 3.14. The third kappa shape index (κ3) is 4.85. The van der Waals surface area contributed by atoms with E-state index in [1.54, 1.807) is 42.5 Å². The zero-order valence-electron chi connectivity index (χ0n) is 21.1. The van der Waals surface area contributed by atoms with Gasteiger partial charge in [-0.1, -0.05) is 36.8 Å². The van der Waals surface area contributed by atoms with Crippen molar-refractivity contribution in [3.8, 4) is 11.5 Å². The Hall–Kier alpha value is -4.06. The normalized spacial score (nSPS) is 16.9. The second-order valence-electron chi connectivity index (χ2n) is 8.84. The third-order valence-electron chi connectivity index (χ3n) is 6.14. The van der Waals surface area contributed by atoms with Crippen molar-refractivity contribution < 1.29 is 24.2 Å². The van der Waals surface area contributed by atoms with E-state index in [1.807, 2.05) is 52.0 Å². The fourth-order valence-corrected chi connectivity index (χ4v) is 4.45. The van der Waals surface area contributed by atoms with Crippen molar-refractivity contribution in [1.29, 1.82) is 0 Å². The van der Waals surface area contributed by atoms with Gasteiger partial charge in [-0.15, -0.1) is 0 Å². The molecule has 0 spiro atoms. The number of rotatable bonds is 8. The van der Waals surface area contributed by atoms with Crippen molar-refractivity contribution in [2.24, 2.45) is 0 Å². The maximum Gasteiger partial charge on any atom is 0.300 e. The number of ketones is 1. The molecule has 0 bridgehead atoms. The Labute approximate surface area is 211 Å². The Morgan fingerprint density at radius 2 is 1.69 bits per heavy atom. The van der Waals surface area contributed by atoms with Crippen LogP contribution in [0, 0.1) is 13.8 Å². The molecular weight excluding hydrogens is 454 g/mol. The van der Waals surface area contributed by atoms with Gasteiger partial charge in [-0.3, -0.25) is 14.5 Å². The summed E-state index contributed by atoms with van der Waals surface area (Å²) >= 11 is 0. The van der Waals surface area contributed by atoms with Crippen molar-refractivity contribution in [2.75, 3.05) is 18.1 Å². The first-order valence-corrected chi connectivity index (χ1v) is 12.2. The summed E-state index contributed by atoms with van der Waals surface area (Å²) in [5.41, 5.74) is 3.62. The number of anilines is 1. The largest absolute Gasteiger partial charge is 0.507 e. The van der Waals surface area contributed by atoms with E-state index in [0.29, 0.717) is 30.2 Å². The quantitative estimate of drug-likeness (QED) is 0.236. The fraction of sp³-hybridized carbons (Fsp3) is 0.267. The molecule has 1 aliphatic heterocycles. The lowest BCUT2D eigenvalue weighted by atomic mass is 9.94. The molecule has 1 atom stereocenters. The number of hydrogen-bond donors (Lipinski definition) is 1. The van der Waals surface area contributed by atoms with Gasteiger partial charge >= 0.3 is 0 Å². The SMILES string of the molecule is CCCOc1ccc(/C(O)=C2/C(=O)C(=O)N(c3ccc(OCC)cc3)C2c2cccc(C)c2)cc1C. The van der Waals surface area contributed by atoms with Gasteiger partial charge in [0.15, 0.2) is 0 Å². The van der Waals surface area contributed by atoms with Crippen LogP contribution in [0.25, 0.3) is 5.76 Å². The number of carbonyl (C=O) groups is 2. The maximum absolute atomic E-state index is 13.4. The van der Waals surface area contributed by atoms with Gasteiger partial charge in [0.2, 0.25) is 0 Å². The van der Waals surface area contributed by atoms with Crippen molar-refractivity contribution in [2.45, 2.75) is 40.2 Å². The standard InChI is InChI=1S/C30H31NO5/c1-5-16-36-25-15-10-22(18-20(25)4)28(32)26-27(21-9-7-8-19(3)17-21)31(30(34)29(26)33)23-11-13-24(14-12-23)35-6-2/h7-15,17-18,27,32H,5-6,16H2,1-4H3/b28-26-. The molecule has 6 nitrogen and oxygen atoms in total. The first-order valence-electron chi connectivity index (χ1n) is 12.2. The monoisotopic (exact) mass is 485 g/mol. The zero-order valence-corrected chi connectivity index (χ0v) is 21.1. The molecule has 4 rings (SSSR count). The van der Waals surface area contributed by atoms with E-state index in [1.165, 1.54) is 4.90 Å². The van der Waals surface area contributed by atoms with Crippen molar-refractivity contribution in [3.05, 3.63) is 94.6 Å². The number of aryl methyl sites for hydroxylation is 2. The van der Waals surface area contributed by atoms with Crippen LogP contribution < -0.4 is 14.4 Å². The predicted molar refractivity (Wildman–Crippen MR) is 141 cm³/mol. The van der Waals surface area contributed by atoms with Crippen LogP contribution in [0.3, 0.4) is 0 Å². The van der Waals surface area contributed by atoms with Crippen LogP contribution >= 0.6 is 0 Å². The lowest BCUT2D eigenvalue weighted by Gasteiger charge is -2.26. The minimum Gasteiger partial charge on any atom is -0.507 e. The average molecular weight is 486 g/mol. The lowest BCUT2D eigenvalue weighted by molar-refractivity contribution is -0.132. The smallest absolute Gasteiger partial charge is 0.300 e. The molecule has 3 aromatic carbocycles. The Balaban J connectivity index is 1.85. The second-order valence-corrected chi connectivity index (χ2v) is 8.84. The molecule has 3 aromatic rings. The van der Waals surface area contributed by atoms with Gasteiger partial charge in [0.05, 0.1) is 24.8 Å². The summed E-state index contributed by atoms with van der Waals surface area (Å²) in [6.07, 6.45) is 0.882. The first-order chi connectivity index (χ1) is 17.3. The first kappa shape index (κ1) is 25.0. The molecule has 1 saturated heterocycles. The van der Waals surface area contributed by atoms with Crippen LogP contribution in [-0.4, -0.2) is 30.0 Å². The van der Waals surface area contributed by atoms with Crippen molar-refractivity contribution in [3.63, 3.8) is 0 Å². The number of nitrogens with zero attached hydrogens (tertiary/aromatic N) is 1. The predicted octanol–water partition coefficient (Wildman–Crippen LogP) is 6.12. The summed E-state index contributed by atoms with van der Waals surface area (Å²) < 4.78 is 11.3. The van der Waals surface area contributed by atoms with E-state index < -0.39 is 17.7 Å². The van der Waals surface area contributed by atoms with Crippen LogP contribution in [0.15, 0.2) is 72.3 Å². The molecular formula is C30H31NO5. The highest BCUT2D eigenvalue weighted by atomic mass is 16.5. The van der Waals surface area contributed by atoms with Gasteiger partial charge in [-0.25, -0.2) is 0 Å². The number of carbonyl (C=O) groups excluding carboxylic acids is 2. The van der Waals surface area contributed by atoms with Crippen LogP contribution in [0.5, 0.6) is 11.5 Å². The molecule has 0 aromatic heterocycles. The molecule has 186 valence electrons. The van der Waals surface area contributed by atoms with Gasteiger partial charge in [0.25, 0.3) is 11.7 Å². The Bertz CT molecular complexity index is 1310. The fourth-order valence-electron chi connectivity index (χ4n) is 4.45. The molecule has 1 fully saturated rings. The zero-order chi connectivity index (χ0) is 25.8. The molecule has 1 heterocycles. The van der Waals surface area contributed by atoms with E-state index in [0.717, 1.165) is 28.9 Å². The van der Waals surface area contributed by atoms with E-state index in [9.17, 15) is 14.7 Å². The Morgan fingerprint density at radius 3 is 2.33 bits per heavy atom. The summed E-state index contributed by atoms with van der Waals surface area (Å²) in [7, 11) is 0. The van der Waals surface area contributed by atoms with Crippen molar-refractivity contribution >= 4 is 23.1 Å². The summed E-state index contributed by atoms with van der Waals surface area (Å²) in [6, 6.07) is 19.2. The summed E-state index contributed by atoms with van der Waals surface area (Å²) in [5, 5.41) is 11.4. The second kappa shape index (κ2) is 10.7. The summed E-state index contributed by atoms with van der Waals surface area (Å²) in [6.45, 7) is 8.88. The highest BCUT2D eigenvalue weighted by molar-refractivity contribution is 6.51. The number of Topliss-reactive ketones (excluding diaryl/α,β-unsaturated/α-hetero) is 1. The van der Waals surface area contributed by atoms with Crippen LogP contribution in [0.2, 0.25) is 0 Å². The van der Waals surface area contributed by atoms with Gasteiger partial charge in [0, 0.05) is 11.3 Å². The minimum absolute atomic E-state index is 0.0566. The molecule has 1 aliphatic rings. The minimum atomic E-state index is -0.779. The molecule has 1 N–H and O–H groups in total. The van der Waals surface area contributed by atoms with E-state index in [2.05, 4.69) is 0 Å². The number of amides is 1. The summed E-state index contributed by atoms with van der Waals surface area (Å²) in [5.74, 6) is -0.230. The molecule has 0 radical (unpaired) electrons. The van der Waals surface area contributed by atoms with Crippen molar-refractivity contribution in [1.82, 2.24) is 0 Å². The number of ether oxygens (including phenoxy) is 2. The van der Waals surface area contributed by atoms with Gasteiger partial charge in [-0.2, -0.15) is 0 Å². The van der Waals surface area contributed by atoms with E-state index in [4.69, 9.17) is 9.47 Å². The maximum atomic E-state index is 13.4. The molecule has 1 amide bonds. The van der Waals surface area contributed by atoms with Crippen LogP contribution in [0.1, 0.15) is 48.6 Å². The summed E-state index contributed by atoms with van der Waals surface area (Å²) in [4.78, 5) is 28.2. The number of benzene rings is 3. The van der Waals surface area contributed by atoms with E-state index >= 15 is 0 Å². The topological polar surface area (TPSA) is 76.1 Å². The number of aliphatic hydroxyl groups excluding tert-OH is 1. The molecule has 0 aliphatic carbocycles. The third-order valence-corrected chi connectivity index (χ3v) is 6.14. The van der Waals surface area contributed by atoms with Gasteiger partial charge < -0.3 is 14.6 Å². The van der Waals surface area contributed by atoms with Gasteiger partial charge in [0.1, 0.15) is 17.3 Å².